The monoisotopic (exact) mass is 215 g/mol. The van der Waals surface area contributed by atoms with Crippen LogP contribution in [0.1, 0.15) is 26.2 Å². The van der Waals surface area contributed by atoms with Gasteiger partial charge in [0.05, 0.1) is 0 Å². The predicted octanol–water partition coefficient (Wildman–Crippen LogP) is 0.429. The summed E-state index contributed by atoms with van der Waals surface area (Å²) in [6, 6.07) is 0. The lowest BCUT2D eigenvalue weighted by atomic mass is 10.1. The summed E-state index contributed by atoms with van der Waals surface area (Å²) in [4.78, 5) is 13.7. The summed E-state index contributed by atoms with van der Waals surface area (Å²) in [5, 5.41) is 2.92. The number of carbonyl (C=O) groups is 1. The molecule has 0 heterocycles. The highest BCUT2D eigenvalue weighted by Crippen LogP contribution is 1.99. The Balaban J connectivity index is 3.46. The van der Waals surface area contributed by atoms with E-state index in [2.05, 4.69) is 24.3 Å². The molecule has 90 valence electrons. The molecule has 4 heteroatoms. The van der Waals surface area contributed by atoms with Gasteiger partial charge in [0.2, 0.25) is 5.91 Å². The number of nitrogens with one attached hydrogen (secondary N) is 1. The van der Waals surface area contributed by atoms with Crippen molar-refractivity contribution in [2.24, 2.45) is 11.7 Å². The molecule has 1 amide bonds. The molecule has 0 fully saturated rings. The van der Waals surface area contributed by atoms with Crippen LogP contribution in [0.5, 0.6) is 0 Å². The first-order chi connectivity index (χ1) is 7.11. The molecule has 3 N–H and O–H groups in total. The number of hydrogen-bond donors (Lipinski definition) is 2. The summed E-state index contributed by atoms with van der Waals surface area (Å²) in [6.45, 7) is 4.27. The van der Waals surface area contributed by atoms with E-state index in [-0.39, 0.29) is 11.8 Å². The molecule has 4 nitrogen and oxygen atoms in total. The highest BCUT2D eigenvalue weighted by Gasteiger charge is 2.12. The molecule has 0 aromatic heterocycles. The molecule has 1 unspecified atom stereocenters. The zero-order valence-electron chi connectivity index (χ0n) is 10.3. The topological polar surface area (TPSA) is 58.4 Å². The van der Waals surface area contributed by atoms with Crippen LogP contribution in [-0.4, -0.2) is 44.5 Å². The van der Waals surface area contributed by atoms with Gasteiger partial charge in [0, 0.05) is 19.0 Å². The van der Waals surface area contributed by atoms with Crippen molar-refractivity contribution in [3.63, 3.8) is 0 Å². The quantitative estimate of drug-likeness (QED) is 0.577. The number of hydrogen-bond acceptors (Lipinski definition) is 3. The highest BCUT2D eigenvalue weighted by atomic mass is 16.1. The molecule has 0 spiro atoms. The largest absolute Gasteiger partial charge is 0.356 e. The fourth-order valence-corrected chi connectivity index (χ4v) is 1.37. The molecular weight excluding hydrogens is 190 g/mol. The van der Waals surface area contributed by atoms with Crippen LogP contribution in [0.3, 0.4) is 0 Å². The summed E-state index contributed by atoms with van der Waals surface area (Å²) in [5.74, 6) is 0.0868. The van der Waals surface area contributed by atoms with Gasteiger partial charge >= 0.3 is 0 Å². The average Bonchev–Trinajstić information content (AvgIpc) is 2.18. The molecule has 0 aliphatic rings. The van der Waals surface area contributed by atoms with Crippen molar-refractivity contribution in [1.82, 2.24) is 10.2 Å². The molecule has 0 aliphatic heterocycles. The molecule has 0 aliphatic carbocycles. The second-order valence-electron chi connectivity index (χ2n) is 4.14. The number of carbonyl (C=O) groups excluding carboxylic acids is 1. The van der Waals surface area contributed by atoms with Gasteiger partial charge in [-0.25, -0.2) is 0 Å². The zero-order chi connectivity index (χ0) is 11.7. The first-order valence-electron chi connectivity index (χ1n) is 5.74. The highest BCUT2D eigenvalue weighted by molar-refractivity contribution is 5.78. The smallest absolute Gasteiger partial charge is 0.224 e. The molecule has 1 atom stereocenters. The number of nitrogens with zero attached hydrogens (tertiary/aromatic N) is 1. The molecule has 0 rings (SSSR count). The Morgan fingerprint density at radius 1 is 1.40 bits per heavy atom. The Kier molecular flexibility index (Phi) is 8.33. The van der Waals surface area contributed by atoms with Crippen LogP contribution in [0.2, 0.25) is 0 Å². The Morgan fingerprint density at radius 2 is 2.07 bits per heavy atom. The van der Waals surface area contributed by atoms with Gasteiger partial charge < -0.3 is 16.0 Å². The molecule has 0 saturated heterocycles. The Hall–Kier alpha value is -0.610. The van der Waals surface area contributed by atoms with Gasteiger partial charge in [-0.2, -0.15) is 0 Å². The van der Waals surface area contributed by atoms with E-state index in [0.717, 1.165) is 32.4 Å². The van der Waals surface area contributed by atoms with Gasteiger partial charge in [0.15, 0.2) is 0 Å². The Morgan fingerprint density at radius 3 is 2.53 bits per heavy atom. The van der Waals surface area contributed by atoms with Crippen molar-refractivity contribution >= 4 is 5.91 Å². The van der Waals surface area contributed by atoms with Gasteiger partial charge in [-0.3, -0.25) is 4.79 Å². The third-order valence-corrected chi connectivity index (χ3v) is 2.48. The van der Waals surface area contributed by atoms with Crippen LogP contribution in [0.15, 0.2) is 0 Å². The second-order valence-corrected chi connectivity index (χ2v) is 4.14. The van der Waals surface area contributed by atoms with E-state index < -0.39 is 0 Å². The van der Waals surface area contributed by atoms with Gasteiger partial charge in [-0.1, -0.05) is 6.92 Å². The van der Waals surface area contributed by atoms with E-state index in [1.807, 2.05) is 6.92 Å². The van der Waals surface area contributed by atoms with E-state index in [1.165, 1.54) is 0 Å². The number of nitrogens with two attached hydrogens (primary N) is 1. The predicted molar refractivity (Wildman–Crippen MR) is 63.6 cm³/mol. The Labute approximate surface area is 93.2 Å². The van der Waals surface area contributed by atoms with Crippen molar-refractivity contribution < 1.29 is 4.79 Å². The minimum absolute atomic E-state index is 0.0150. The Bertz CT molecular complexity index is 167. The van der Waals surface area contributed by atoms with E-state index in [4.69, 9.17) is 5.73 Å². The van der Waals surface area contributed by atoms with Crippen molar-refractivity contribution in [3.05, 3.63) is 0 Å². The molecule has 15 heavy (non-hydrogen) atoms. The zero-order valence-corrected chi connectivity index (χ0v) is 10.3. The molecule has 0 aromatic carbocycles. The van der Waals surface area contributed by atoms with Crippen molar-refractivity contribution in [1.29, 1.82) is 0 Å². The van der Waals surface area contributed by atoms with Crippen LogP contribution in [0.25, 0.3) is 0 Å². The molecule has 0 aromatic rings. The van der Waals surface area contributed by atoms with Crippen LogP contribution in [0.4, 0.5) is 0 Å². The fourth-order valence-electron chi connectivity index (χ4n) is 1.37. The van der Waals surface area contributed by atoms with Gasteiger partial charge in [-0.05, 0) is 39.9 Å². The van der Waals surface area contributed by atoms with Crippen LogP contribution in [0, 0.1) is 5.92 Å². The summed E-state index contributed by atoms with van der Waals surface area (Å²) >= 11 is 0. The van der Waals surface area contributed by atoms with Crippen molar-refractivity contribution in [2.45, 2.75) is 26.2 Å². The maximum Gasteiger partial charge on any atom is 0.224 e. The maximum atomic E-state index is 11.5. The van der Waals surface area contributed by atoms with Gasteiger partial charge in [-0.15, -0.1) is 0 Å². The summed E-state index contributed by atoms with van der Waals surface area (Å²) in [5.41, 5.74) is 5.49. The van der Waals surface area contributed by atoms with E-state index in [0.29, 0.717) is 6.54 Å². The van der Waals surface area contributed by atoms with E-state index in [9.17, 15) is 4.79 Å². The first kappa shape index (κ1) is 14.4. The number of amides is 1. The fraction of sp³-hybridized carbons (Fsp3) is 0.909. The molecular formula is C11H25N3O. The number of rotatable bonds is 8. The lowest BCUT2D eigenvalue weighted by Crippen LogP contribution is -2.35. The molecule has 0 radical (unpaired) electrons. The van der Waals surface area contributed by atoms with E-state index >= 15 is 0 Å². The van der Waals surface area contributed by atoms with Gasteiger partial charge in [0.25, 0.3) is 0 Å². The minimum atomic E-state index is -0.0150. The minimum Gasteiger partial charge on any atom is -0.356 e. The number of unbranched alkanes of at least 4 members (excludes halogenated alkanes) is 1. The third-order valence-electron chi connectivity index (χ3n) is 2.48. The average molecular weight is 215 g/mol. The maximum absolute atomic E-state index is 11.5. The lowest BCUT2D eigenvalue weighted by Gasteiger charge is -2.13. The SMILES string of the molecule is CCC(CN)C(=O)NCCCCN(C)C. The lowest BCUT2D eigenvalue weighted by molar-refractivity contribution is -0.124. The van der Waals surface area contributed by atoms with Crippen molar-refractivity contribution in [3.8, 4) is 0 Å². The third kappa shape index (κ3) is 7.33. The van der Waals surface area contributed by atoms with Crippen LogP contribution < -0.4 is 11.1 Å². The van der Waals surface area contributed by atoms with Gasteiger partial charge in [0.1, 0.15) is 0 Å². The van der Waals surface area contributed by atoms with E-state index in [1.54, 1.807) is 0 Å². The van der Waals surface area contributed by atoms with Crippen molar-refractivity contribution in [2.75, 3.05) is 33.7 Å². The molecule has 0 saturated carbocycles. The van der Waals surface area contributed by atoms with Crippen LogP contribution >= 0.6 is 0 Å². The first-order valence-corrected chi connectivity index (χ1v) is 5.74. The summed E-state index contributed by atoms with van der Waals surface area (Å²) in [6.07, 6.45) is 2.97. The van der Waals surface area contributed by atoms with Crippen LogP contribution in [-0.2, 0) is 4.79 Å². The summed E-state index contributed by atoms with van der Waals surface area (Å²) < 4.78 is 0. The summed E-state index contributed by atoms with van der Waals surface area (Å²) in [7, 11) is 4.11. The normalized spacial score (nSPS) is 12.9. The molecule has 0 bridgehead atoms. The standard InChI is InChI=1S/C11H25N3O/c1-4-10(9-12)11(15)13-7-5-6-8-14(2)3/h10H,4-9,12H2,1-3H3,(H,13,15). The second kappa shape index (κ2) is 8.68.